The standard InChI is InChI=1S/C10H12ClNO2S/c1-2-8(10(13)14)15-9-4-3-6(12)5-7(9)11/h3-5,8H,2,12H2,1H3,(H,13,14). The van der Waals surface area contributed by atoms with Gasteiger partial charge in [0.1, 0.15) is 5.25 Å². The van der Waals surface area contributed by atoms with E-state index in [2.05, 4.69) is 0 Å². The Labute approximate surface area is 97.6 Å². The number of hydrogen-bond donors (Lipinski definition) is 2. The summed E-state index contributed by atoms with van der Waals surface area (Å²) in [5.74, 6) is -0.824. The average molecular weight is 246 g/mol. The van der Waals surface area contributed by atoms with Crippen molar-refractivity contribution < 1.29 is 9.90 Å². The summed E-state index contributed by atoms with van der Waals surface area (Å²) in [6.45, 7) is 1.83. The fourth-order valence-electron chi connectivity index (χ4n) is 1.07. The Hall–Kier alpha value is -0.870. The van der Waals surface area contributed by atoms with Gasteiger partial charge in [-0.05, 0) is 24.6 Å². The number of thioether (sulfide) groups is 1. The van der Waals surface area contributed by atoms with Crippen LogP contribution in [0.15, 0.2) is 23.1 Å². The summed E-state index contributed by atoms with van der Waals surface area (Å²) < 4.78 is 0. The predicted molar refractivity (Wildman–Crippen MR) is 63.4 cm³/mol. The highest BCUT2D eigenvalue weighted by molar-refractivity contribution is 8.00. The fourth-order valence-corrected chi connectivity index (χ4v) is 2.29. The lowest BCUT2D eigenvalue weighted by atomic mass is 10.3. The van der Waals surface area contributed by atoms with Crippen molar-refractivity contribution in [3.05, 3.63) is 23.2 Å². The van der Waals surface area contributed by atoms with Crippen LogP contribution in [0.3, 0.4) is 0 Å². The summed E-state index contributed by atoms with van der Waals surface area (Å²) >= 11 is 7.19. The Morgan fingerprint density at radius 2 is 2.33 bits per heavy atom. The Morgan fingerprint density at radius 3 is 2.80 bits per heavy atom. The monoisotopic (exact) mass is 245 g/mol. The lowest BCUT2D eigenvalue weighted by Gasteiger charge is -2.10. The molecule has 0 radical (unpaired) electrons. The van der Waals surface area contributed by atoms with Gasteiger partial charge in [-0.1, -0.05) is 18.5 Å². The Balaban J connectivity index is 2.84. The van der Waals surface area contributed by atoms with Crippen molar-refractivity contribution in [2.24, 2.45) is 0 Å². The molecule has 0 saturated carbocycles. The van der Waals surface area contributed by atoms with E-state index in [0.717, 1.165) is 4.90 Å². The van der Waals surface area contributed by atoms with Gasteiger partial charge in [0.25, 0.3) is 0 Å². The number of carboxylic acid groups (broad SMARTS) is 1. The van der Waals surface area contributed by atoms with Crippen molar-refractivity contribution in [2.45, 2.75) is 23.5 Å². The van der Waals surface area contributed by atoms with E-state index in [9.17, 15) is 4.79 Å². The lowest BCUT2D eigenvalue weighted by Crippen LogP contribution is -2.14. The maximum absolute atomic E-state index is 10.8. The van der Waals surface area contributed by atoms with Gasteiger partial charge in [0, 0.05) is 10.6 Å². The largest absolute Gasteiger partial charge is 0.480 e. The van der Waals surface area contributed by atoms with Gasteiger partial charge in [0.15, 0.2) is 0 Å². The highest BCUT2D eigenvalue weighted by Gasteiger charge is 2.17. The Kier molecular flexibility index (Phi) is 4.29. The van der Waals surface area contributed by atoms with Crippen LogP contribution in [-0.2, 0) is 4.79 Å². The van der Waals surface area contributed by atoms with E-state index in [0.29, 0.717) is 17.1 Å². The molecular formula is C10H12ClNO2S. The van der Waals surface area contributed by atoms with E-state index in [-0.39, 0.29) is 0 Å². The van der Waals surface area contributed by atoms with Crippen LogP contribution in [0.5, 0.6) is 0 Å². The molecule has 15 heavy (non-hydrogen) atoms. The number of hydrogen-bond acceptors (Lipinski definition) is 3. The van der Waals surface area contributed by atoms with Crippen LogP contribution < -0.4 is 5.73 Å². The van der Waals surface area contributed by atoms with Crippen LogP contribution in [0, 0.1) is 0 Å². The van der Waals surface area contributed by atoms with Gasteiger partial charge in [-0.15, -0.1) is 11.8 Å². The topological polar surface area (TPSA) is 63.3 Å². The molecule has 1 aromatic carbocycles. The molecule has 0 amide bonds. The van der Waals surface area contributed by atoms with Crippen molar-refractivity contribution >= 4 is 35.0 Å². The van der Waals surface area contributed by atoms with Crippen LogP contribution in [0.25, 0.3) is 0 Å². The highest BCUT2D eigenvalue weighted by atomic mass is 35.5. The van der Waals surface area contributed by atoms with Crippen molar-refractivity contribution in [1.82, 2.24) is 0 Å². The van der Waals surface area contributed by atoms with E-state index in [1.54, 1.807) is 18.2 Å². The van der Waals surface area contributed by atoms with Crippen LogP contribution in [0.1, 0.15) is 13.3 Å². The molecule has 5 heteroatoms. The smallest absolute Gasteiger partial charge is 0.316 e. The van der Waals surface area contributed by atoms with Crippen LogP contribution in [0.4, 0.5) is 5.69 Å². The summed E-state index contributed by atoms with van der Waals surface area (Å²) in [6, 6.07) is 5.08. The van der Waals surface area contributed by atoms with E-state index >= 15 is 0 Å². The molecule has 0 aliphatic heterocycles. The van der Waals surface area contributed by atoms with Crippen molar-refractivity contribution in [2.75, 3.05) is 5.73 Å². The van der Waals surface area contributed by atoms with Gasteiger partial charge in [-0.2, -0.15) is 0 Å². The summed E-state index contributed by atoms with van der Waals surface area (Å²) in [4.78, 5) is 11.6. The third-order valence-corrected chi connectivity index (χ3v) is 3.73. The zero-order valence-corrected chi connectivity index (χ0v) is 9.81. The molecule has 1 rings (SSSR count). The summed E-state index contributed by atoms with van der Waals surface area (Å²) in [5.41, 5.74) is 6.12. The maximum atomic E-state index is 10.8. The highest BCUT2D eigenvalue weighted by Crippen LogP contribution is 2.32. The normalized spacial score (nSPS) is 12.4. The number of halogens is 1. The van der Waals surface area contributed by atoms with E-state index in [4.69, 9.17) is 22.4 Å². The molecule has 0 aliphatic rings. The number of nitrogen functional groups attached to an aromatic ring is 1. The summed E-state index contributed by atoms with van der Waals surface area (Å²) in [6.07, 6.45) is 0.556. The third kappa shape index (κ3) is 3.32. The average Bonchev–Trinajstić information content (AvgIpc) is 2.16. The first-order valence-corrected chi connectivity index (χ1v) is 5.74. The van der Waals surface area contributed by atoms with Crippen LogP contribution in [0.2, 0.25) is 5.02 Å². The fraction of sp³-hybridized carbons (Fsp3) is 0.300. The number of rotatable bonds is 4. The second-order valence-electron chi connectivity index (χ2n) is 3.04. The van der Waals surface area contributed by atoms with Gasteiger partial charge in [-0.3, -0.25) is 4.79 Å². The van der Waals surface area contributed by atoms with Crippen molar-refractivity contribution in [1.29, 1.82) is 0 Å². The number of nitrogens with two attached hydrogens (primary N) is 1. The first kappa shape index (κ1) is 12.2. The molecule has 1 aromatic rings. The molecule has 0 aromatic heterocycles. The van der Waals surface area contributed by atoms with E-state index in [1.165, 1.54) is 11.8 Å². The molecule has 82 valence electrons. The number of carbonyl (C=O) groups is 1. The SMILES string of the molecule is CCC(Sc1ccc(N)cc1Cl)C(=O)O. The van der Waals surface area contributed by atoms with Gasteiger partial charge in [-0.25, -0.2) is 0 Å². The van der Waals surface area contributed by atoms with Gasteiger partial charge in [0.05, 0.1) is 5.02 Å². The first-order valence-electron chi connectivity index (χ1n) is 4.49. The van der Waals surface area contributed by atoms with Crippen molar-refractivity contribution in [3.63, 3.8) is 0 Å². The van der Waals surface area contributed by atoms with Gasteiger partial charge < -0.3 is 10.8 Å². The molecule has 3 N–H and O–H groups in total. The summed E-state index contributed by atoms with van der Waals surface area (Å²) in [5, 5.41) is 8.92. The van der Waals surface area contributed by atoms with E-state index in [1.807, 2.05) is 6.92 Å². The van der Waals surface area contributed by atoms with Crippen LogP contribution >= 0.6 is 23.4 Å². The molecule has 0 fully saturated rings. The minimum atomic E-state index is -0.824. The second kappa shape index (κ2) is 5.28. The maximum Gasteiger partial charge on any atom is 0.316 e. The molecule has 1 atom stereocenters. The molecule has 0 spiro atoms. The quantitative estimate of drug-likeness (QED) is 0.633. The summed E-state index contributed by atoms with van der Waals surface area (Å²) in [7, 11) is 0. The Bertz CT molecular complexity index is 370. The molecule has 3 nitrogen and oxygen atoms in total. The molecule has 1 unspecified atom stereocenters. The molecular weight excluding hydrogens is 234 g/mol. The number of carboxylic acids is 1. The molecule has 0 heterocycles. The zero-order chi connectivity index (χ0) is 11.4. The minimum Gasteiger partial charge on any atom is -0.480 e. The van der Waals surface area contributed by atoms with Crippen LogP contribution in [-0.4, -0.2) is 16.3 Å². The molecule has 0 saturated heterocycles. The minimum absolute atomic E-state index is 0.467. The third-order valence-electron chi connectivity index (χ3n) is 1.87. The number of aliphatic carboxylic acids is 1. The predicted octanol–water partition coefficient (Wildman–Crippen LogP) is 2.88. The molecule has 0 bridgehead atoms. The zero-order valence-electron chi connectivity index (χ0n) is 8.24. The number of benzene rings is 1. The number of anilines is 1. The lowest BCUT2D eigenvalue weighted by molar-refractivity contribution is -0.136. The molecule has 0 aliphatic carbocycles. The van der Waals surface area contributed by atoms with E-state index < -0.39 is 11.2 Å². The van der Waals surface area contributed by atoms with Crippen molar-refractivity contribution in [3.8, 4) is 0 Å². The van der Waals surface area contributed by atoms with Gasteiger partial charge >= 0.3 is 5.97 Å². The second-order valence-corrected chi connectivity index (χ2v) is 4.69. The van der Waals surface area contributed by atoms with Gasteiger partial charge in [0.2, 0.25) is 0 Å². The Morgan fingerprint density at radius 1 is 1.67 bits per heavy atom. The first-order chi connectivity index (χ1) is 7.04.